The van der Waals surface area contributed by atoms with Gasteiger partial charge in [0.05, 0.1) is 5.51 Å². The molecule has 4 rings (SSSR count). The van der Waals surface area contributed by atoms with E-state index in [4.69, 9.17) is 5.84 Å². The third-order valence-electron chi connectivity index (χ3n) is 5.38. The van der Waals surface area contributed by atoms with Crippen molar-refractivity contribution in [2.24, 2.45) is 35.4 Å². The molecule has 0 spiro atoms. The van der Waals surface area contributed by atoms with Crippen LogP contribution in [0.2, 0.25) is 0 Å². The predicted molar refractivity (Wildman–Crippen MR) is 68.2 cm³/mol. The molecule has 3 aliphatic rings. The van der Waals surface area contributed by atoms with Crippen molar-refractivity contribution in [2.45, 2.75) is 31.7 Å². The molecule has 1 heterocycles. The maximum atomic E-state index is 5.78. The first-order valence-electron chi connectivity index (χ1n) is 6.72. The van der Waals surface area contributed by atoms with Gasteiger partial charge < -0.3 is 0 Å². The number of rotatable bonds is 4. The van der Waals surface area contributed by atoms with Crippen molar-refractivity contribution in [3.8, 4) is 0 Å². The molecule has 3 aliphatic carbocycles. The molecule has 3 nitrogen and oxygen atoms in total. The molecule has 92 valence electrons. The van der Waals surface area contributed by atoms with E-state index in [1.165, 1.54) is 24.1 Å². The molecule has 0 aliphatic heterocycles. The lowest BCUT2D eigenvalue weighted by molar-refractivity contribution is 0.366. The molecular formula is C13H19N3S. The van der Waals surface area contributed by atoms with Crippen molar-refractivity contribution in [1.82, 2.24) is 10.4 Å². The van der Waals surface area contributed by atoms with Crippen LogP contribution in [0.4, 0.5) is 0 Å². The highest BCUT2D eigenvalue weighted by atomic mass is 32.1. The third-order valence-corrected chi connectivity index (χ3v) is 6.18. The van der Waals surface area contributed by atoms with E-state index in [9.17, 15) is 0 Å². The van der Waals surface area contributed by atoms with Crippen LogP contribution in [0.25, 0.3) is 0 Å². The summed E-state index contributed by atoms with van der Waals surface area (Å²) in [5.74, 6) is 10.7. The topological polar surface area (TPSA) is 50.9 Å². The van der Waals surface area contributed by atoms with Crippen molar-refractivity contribution in [3.63, 3.8) is 0 Å². The third kappa shape index (κ3) is 1.51. The summed E-state index contributed by atoms with van der Waals surface area (Å²) >= 11 is 1.75. The van der Waals surface area contributed by atoms with Gasteiger partial charge in [-0.15, -0.1) is 11.3 Å². The summed E-state index contributed by atoms with van der Waals surface area (Å²) in [6, 6.07) is 0.480. The number of thiazole rings is 1. The normalized spacial score (nSPS) is 43.7. The Morgan fingerprint density at radius 3 is 2.76 bits per heavy atom. The summed E-state index contributed by atoms with van der Waals surface area (Å²) in [6.45, 7) is 0. The first-order chi connectivity index (χ1) is 8.38. The zero-order chi connectivity index (χ0) is 11.4. The zero-order valence-corrected chi connectivity index (χ0v) is 10.7. The first kappa shape index (κ1) is 10.5. The lowest BCUT2D eigenvalue weighted by Gasteiger charge is -2.18. The molecule has 0 saturated heterocycles. The minimum Gasteiger partial charge on any atom is -0.271 e. The predicted octanol–water partition coefficient (Wildman–Crippen LogP) is 1.81. The summed E-state index contributed by atoms with van der Waals surface area (Å²) < 4.78 is 0. The van der Waals surface area contributed by atoms with Crippen LogP contribution in [-0.2, 0) is 6.42 Å². The van der Waals surface area contributed by atoms with Crippen LogP contribution in [0.1, 0.15) is 24.1 Å². The van der Waals surface area contributed by atoms with Gasteiger partial charge in [-0.1, -0.05) is 0 Å². The maximum Gasteiger partial charge on any atom is 0.0794 e. The van der Waals surface area contributed by atoms with Crippen molar-refractivity contribution >= 4 is 11.3 Å². The van der Waals surface area contributed by atoms with Gasteiger partial charge in [0.2, 0.25) is 0 Å². The number of hydrogen-bond acceptors (Lipinski definition) is 4. The van der Waals surface area contributed by atoms with E-state index in [0.717, 1.165) is 36.0 Å². The van der Waals surface area contributed by atoms with Crippen LogP contribution in [0, 0.1) is 29.6 Å². The summed E-state index contributed by atoms with van der Waals surface area (Å²) in [5, 5.41) is 0. The molecule has 3 saturated carbocycles. The molecule has 1 aromatic heterocycles. The van der Waals surface area contributed by atoms with Crippen molar-refractivity contribution in [1.29, 1.82) is 0 Å². The largest absolute Gasteiger partial charge is 0.271 e. The van der Waals surface area contributed by atoms with Gasteiger partial charge in [0.15, 0.2) is 0 Å². The molecule has 0 radical (unpaired) electrons. The van der Waals surface area contributed by atoms with Gasteiger partial charge in [0, 0.05) is 23.5 Å². The first-order valence-corrected chi connectivity index (χ1v) is 7.60. The number of nitrogens with zero attached hydrogens (tertiary/aromatic N) is 1. The van der Waals surface area contributed by atoms with E-state index < -0.39 is 0 Å². The van der Waals surface area contributed by atoms with E-state index in [1.54, 1.807) is 11.3 Å². The second-order valence-electron chi connectivity index (χ2n) is 6.01. The number of fused-ring (bicyclic) bond motifs is 5. The molecule has 3 N–H and O–H groups in total. The molecule has 4 heteroatoms. The Hall–Kier alpha value is -0.450. The van der Waals surface area contributed by atoms with Gasteiger partial charge >= 0.3 is 0 Å². The summed E-state index contributed by atoms with van der Waals surface area (Å²) in [6.07, 6.45) is 7.55. The monoisotopic (exact) mass is 249 g/mol. The SMILES string of the molecule is NNC(Cc1cncs1)C1C2C3CCC(C3)C21. The van der Waals surface area contributed by atoms with Crippen LogP contribution in [0.15, 0.2) is 11.7 Å². The van der Waals surface area contributed by atoms with Gasteiger partial charge in [-0.25, -0.2) is 0 Å². The molecule has 2 bridgehead atoms. The Labute approximate surface area is 106 Å². The van der Waals surface area contributed by atoms with Crippen LogP contribution in [0.5, 0.6) is 0 Å². The van der Waals surface area contributed by atoms with Crippen LogP contribution in [0.3, 0.4) is 0 Å². The van der Waals surface area contributed by atoms with Crippen LogP contribution < -0.4 is 11.3 Å². The highest BCUT2D eigenvalue weighted by Crippen LogP contribution is 2.70. The molecule has 0 aromatic carbocycles. The van der Waals surface area contributed by atoms with Gasteiger partial charge in [-0.05, 0) is 48.9 Å². The van der Waals surface area contributed by atoms with Gasteiger partial charge in [-0.2, -0.15) is 0 Å². The molecule has 3 fully saturated rings. The highest BCUT2D eigenvalue weighted by Gasteiger charge is 2.66. The van der Waals surface area contributed by atoms with Crippen molar-refractivity contribution in [3.05, 3.63) is 16.6 Å². The zero-order valence-electron chi connectivity index (χ0n) is 9.88. The lowest BCUT2D eigenvalue weighted by atomic mass is 9.96. The number of nitrogens with one attached hydrogen (secondary N) is 1. The molecule has 5 unspecified atom stereocenters. The highest BCUT2D eigenvalue weighted by molar-refractivity contribution is 7.09. The molecular weight excluding hydrogens is 230 g/mol. The number of hydrazine groups is 1. The van der Waals surface area contributed by atoms with Crippen molar-refractivity contribution in [2.75, 3.05) is 0 Å². The average Bonchev–Trinajstić information content (AvgIpc) is 2.82. The van der Waals surface area contributed by atoms with Crippen LogP contribution in [-0.4, -0.2) is 11.0 Å². The number of hydrogen-bond donors (Lipinski definition) is 2. The van der Waals surface area contributed by atoms with Gasteiger partial charge in [0.1, 0.15) is 0 Å². The molecule has 5 atom stereocenters. The molecule has 1 aromatic rings. The van der Waals surface area contributed by atoms with Crippen molar-refractivity contribution < 1.29 is 0 Å². The molecule has 0 amide bonds. The fraction of sp³-hybridized carbons (Fsp3) is 0.769. The summed E-state index contributed by atoms with van der Waals surface area (Å²) in [5.41, 5.74) is 5.00. The fourth-order valence-corrected chi connectivity index (χ4v) is 5.45. The van der Waals surface area contributed by atoms with E-state index in [-0.39, 0.29) is 0 Å². The standard InChI is InChI=1S/C13H19N3S/c14-16-10(4-9-5-15-6-17-9)13-11-7-1-2-8(3-7)12(11)13/h5-8,10-13,16H,1-4,14H2. The fourth-order valence-electron chi connectivity index (χ4n) is 4.80. The average molecular weight is 249 g/mol. The van der Waals surface area contributed by atoms with E-state index in [1.807, 2.05) is 11.7 Å². The quantitative estimate of drug-likeness (QED) is 0.632. The second kappa shape index (κ2) is 3.77. The Kier molecular flexibility index (Phi) is 2.32. The van der Waals surface area contributed by atoms with Gasteiger partial charge in [0.25, 0.3) is 0 Å². The van der Waals surface area contributed by atoms with Crippen LogP contribution >= 0.6 is 11.3 Å². The number of aromatic nitrogens is 1. The minimum atomic E-state index is 0.480. The van der Waals surface area contributed by atoms with E-state index >= 15 is 0 Å². The maximum absolute atomic E-state index is 5.78. The smallest absolute Gasteiger partial charge is 0.0794 e. The Morgan fingerprint density at radius 1 is 1.41 bits per heavy atom. The minimum absolute atomic E-state index is 0.480. The van der Waals surface area contributed by atoms with E-state index in [2.05, 4.69) is 10.4 Å². The van der Waals surface area contributed by atoms with E-state index in [0.29, 0.717) is 6.04 Å². The lowest BCUT2D eigenvalue weighted by Crippen LogP contribution is -2.40. The number of nitrogens with two attached hydrogens (primary N) is 1. The Morgan fingerprint density at radius 2 is 2.18 bits per heavy atom. The Bertz CT molecular complexity index is 389. The summed E-state index contributed by atoms with van der Waals surface area (Å²) in [7, 11) is 0. The summed E-state index contributed by atoms with van der Waals surface area (Å²) in [4.78, 5) is 5.52. The van der Waals surface area contributed by atoms with Gasteiger partial charge in [-0.3, -0.25) is 16.3 Å². The molecule has 17 heavy (non-hydrogen) atoms. The second-order valence-corrected chi connectivity index (χ2v) is 6.98. The Balaban J connectivity index is 1.48.